The van der Waals surface area contributed by atoms with E-state index in [4.69, 9.17) is 0 Å². The van der Waals surface area contributed by atoms with Crippen LogP contribution in [0, 0.1) is 0 Å². The molecule has 0 unspecified atom stereocenters. The minimum atomic E-state index is -4.81. The summed E-state index contributed by atoms with van der Waals surface area (Å²) in [5.74, 6) is -0.456. The van der Waals surface area contributed by atoms with Crippen molar-refractivity contribution < 1.29 is 26.3 Å². The van der Waals surface area contributed by atoms with Gasteiger partial charge >= 0.3 is 6.36 Å². The number of fused-ring (bicyclic) bond motifs is 1. The second-order valence-corrected chi connectivity index (χ2v) is 7.33. The first-order chi connectivity index (χ1) is 11.2. The van der Waals surface area contributed by atoms with Crippen LogP contribution in [0.15, 0.2) is 47.5 Å². The molecule has 130 valence electrons. The quantitative estimate of drug-likeness (QED) is 0.845. The highest BCUT2D eigenvalue weighted by atomic mass is 32.2. The molecule has 24 heavy (non-hydrogen) atoms. The molecule has 1 aromatic carbocycles. The van der Waals surface area contributed by atoms with Crippen molar-refractivity contribution in [1.82, 2.24) is 8.87 Å². The Bertz CT molecular complexity index is 828. The lowest BCUT2D eigenvalue weighted by molar-refractivity contribution is -0.274. The summed E-state index contributed by atoms with van der Waals surface area (Å²) in [6.45, 7) is 2.61. The maximum absolute atomic E-state index is 12.8. The average molecular weight is 360 g/mol. The molecule has 2 aromatic rings. The number of alkyl halides is 3. The second-order valence-electron chi connectivity index (χ2n) is 5.44. The molecular formula is C15H15F3N2O3S. The van der Waals surface area contributed by atoms with Crippen LogP contribution in [0.5, 0.6) is 5.75 Å². The molecule has 1 atom stereocenters. The summed E-state index contributed by atoms with van der Waals surface area (Å²) in [5, 5.41) is 0. The number of rotatable bonds is 3. The van der Waals surface area contributed by atoms with Crippen molar-refractivity contribution in [2.24, 2.45) is 0 Å². The second kappa shape index (κ2) is 5.82. The first-order valence-electron chi connectivity index (χ1n) is 7.21. The van der Waals surface area contributed by atoms with Gasteiger partial charge in [-0.1, -0.05) is 0 Å². The van der Waals surface area contributed by atoms with Gasteiger partial charge in [-0.15, -0.1) is 13.2 Å². The Morgan fingerprint density at radius 3 is 2.42 bits per heavy atom. The predicted octanol–water partition coefficient (Wildman–Crippen LogP) is 3.15. The largest absolute Gasteiger partial charge is 0.573 e. The molecule has 9 heteroatoms. The predicted molar refractivity (Wildman–Crippen MR) is 79.9 cm³/mol. The highest BCUT2D eigenvalue weighted by molar-refractivity contribution is 7.89. The standard InChI is InChI=1S/C15H15F3N2O3S/c1-11-14-3-2-8-19(14)9-10-20(11)24(21,22)13-6-4-12(5-7-13)23-15(16,17)18/h2-8,11H,9-10H2,1H3/t11-/m1/s1. The number of hydrogen-bond donors (Lipinski definition) is 0. The van der Waals surface area contributed by atoms with Crippen LogP contribution in [0.1, 0.15) is 18.7 Å². The molecule has 0 saturated heterocycles. The minimum Gasteiger partial charge on any atom is -0.406 e. The van der Waals surface area contributed by atoms with E-state index in [-0.39, 0.29) is 10.9 Å². The SMILES string of the molecule is C[C@@H]1c2cccn2CCN1S(=O)(=O)c1ccc(OC(F)(F)F)cc1. The van der Waals surface area contributed by atoms with Crippen LogP contribution >= 0.6 is 0 Å². The molecule has 1 aliphatic heterocycles. The van der Waals surface area contributed by atoms with Gasteiger partial charge in [-0.3, -0.25) is 0 Å². The number of aromatic nitrogens is 1. The number of halogens is 3. The summed E-state index contributed by atoms with van der Waals surface area (Å²) in [6, 6.07) is 7.59. The molecule has 0 amide bonds. The molecule has 2 heterocycles. The first-order valence-corrected chi connectivity index (χ1v) is 8.65. The fourth-order valence-corrected chi connectivity index (χ4v) is 4.43. The van der Waals surface area contributed by atoms with E-state index in [0.717, 1.165) is 30.0 Å². The van der Waals surface area contributed by atoms with E-state index in [1.807, 2.05) is 22.9 Å². The molecule has 0 bridgehead atoms. The van der Waals surface area contributed by atoms with E-state index >= 15 is 0 Å². The van der Waals surface area contributed by atoms with Crippen molar-refractivity contribution in [2.45, 2.75) is 30.8 Å². The van der Waals surface area contributed by atoms with Crippen LogP contribution in [-0.2, 0) is 16.6 Å². The number of sulfonamides is 1. The van der Waals surface area contributed by atoms with Crippen LogP contribution in [0.2, 0.25) is 0 Å². The van der Waals surface area contributed by atoms with Crippen molar-refractivity contribution in [3.8, 4) is 5.75 Å². The number of nitrogens with zero attached hydrogens (tertiary/aromatic N) is 2. The zero-order chi connectivity index (χ0) is 17.5. The fourth-order valence-electron chi connectivity index (χ4n) is 2.83. The topological polar surface area (TPSA) is 51.5 Å². The lowest BCUT2D eigenvalue weighted by Crippen LogP contribution is -2.40. The van der Waals surface area contributed by atoms with Gasteiger partial charge in [-0.25, -0.2) is 8.42 Å². The van der Waals surface area contributed by atoms with Gasteiger partial charge in [-0.05, 0) is 43.3 Å². The zero-order valence-corrected chi connectivity index (χ0v) is 13.5. The van der Waals surface area contributed by atoms with Crippen LogP contribution in [-0.4, -0.2) is 30.2 Å². The highest BCUT2D eigenvalue weighted by Crippen LogP contribution is 2.32. The van der Waals surface area contributed by atoms with Gasteiger partial charge in [0.2, 0.25) is 10.0 Å². The zero-order valence-electron chi connectivity index (χ0n) is 12.7. The Hall–Kier alpha value is -2.00. The number of benzene rings is 1. The summed E-state index contributed by atoms with van der Waals surface area (Å²) in [5.41, 5.74) is 0.877. The van der Waals surface area contributed by atoms with Crippen LogP contribution in [0.3, 0.4) is 0 Å². The molecule has 0 N–H and O–H groups in total. The van der Waals surface area contributed by atoms with Gasteiger partial charge < -0.3 is 9.30 Å². The number of hydrogen-bond acceptors (Lipinski definition) is 3. The van der Waals surface area contributed by atoms with Gasteiger partial charge in [0, 0.05) is 25.0 Å². The van der Waals surface area contributed by atoms with Crippen molar-refractivity contribution in [2.75, 3.05) is 6.54 Å². The van der Waals surface area contributed by atoms with Gasteiger partial charge in [0.25, 0.3) is 0 Å². The molecule has 0 aliphatic carbocycles. The lowest BCUT2D eigenvalue weighted by atomic mass is 10.2. The van der Waals surface area contributed by atoms with Crippen molar-refractivity contribution >= 4 is 10.0 Å². The van der Waals surface area contributed by atoms with E-state index in [1.54, 1.807) is 6.92 Å². The molecular weight excluding hydrogens is 345 g/mol. The summed E-state index contributed by atoms with van der Waals surface area (Å²) in [7, 11) is -3.81. The molecule has 0 spiro atoms. The molecule has 1 aliphatic rings. The van der Waals surface area contributed by atoms with Crippen LogP contribution in [0.4, 0.5) is 13.2 Å². The van der Waals surface area contributed by atoms with Crippen LogP contribution < -0.4 is 4.74 Å². The third-order valence-corrected chi connectivity index (χ3v) is 5.93. The van der Waals surface area contributed by atoms with Crippen molar-refractivity contribution in [3.05, 3.63) is 48.3 Å². The van der Waals surface area contributed by atoms with Gasteiger partial charge in [-0.2, -0.15) is 4.31 Å². The third kappa shape index (κ3) is 3.13. The molecule has 5 nitrogen and oxygen atoms in total. The first kappa shape index (κ1) is 16.8. The lowest BCUT2D eigenvalue weighted by Gasteiger charge is -2.33. The monoisotopic (exact) mass is 360 g/mol. The Morgan fingerprint density at radius 2 is 1.79 bits per heavy atom. The Kier molecular flexibility index (Phi) is 4.08. The normalized spacial score (nSPS) is 19.1. The van der Waals surface area contributed by atoms with Gasteiger partial charge in [0.05, 0.1) is 10.9 Å². The van der Waals surface area contributed by atoms with E-state index in [1.165, 1.54) is 4.31 Å². The highest BCUT2D eigenvalue weighted by Gasteiger charge is 2.34. The van der Waals surface area contributed by atoms with Crippen molar-refractivity contribution in [3.63, 3.8) is 0 Å². The minimum absolute atomic E-state index is 0.0659. The van der Waals surface area contributed by atoms with Crippen LogP contribution in [0.25, 0.3) is 0 Å². The molecule has 3 rings (SSSR count). The number of ether oxygens (including phenoxy) is 1. The molecule has 1 aromatic heterocycles. The fraction of sp³-hybridized carbons (Fsp3) is 0.333. The van der Waals surface area contributed by atoms with E-state index in [0.29, 0.717) is 13.1 Å². The van der Waals surface area contributed by atoms with E-state index in [2.05, 4.69) is 4.74 Å². The molecule has 0 radical (unpaired) electrons. The molecule has 0 fully saturated rings. The van der Waals surface area contributed by atoms with Gasteiger partial charge in [0.1, 0.15) is 5.75 Å². The van der Waals surface area contributed by atoms with E-state index < -0.39 is 22.1 Å². The maximum Gasteiger partial charge on any atom is 0.573 e. The summed E-state index contributed by atoms with van der Waals surface area (Å²) < 4.78 is 69.2. The summed E-state index contributed by atoms with van der Waals surface area (Å²) in [4.78, 5) is -0.0659. The molecule has 0 saturated carbocycles. The Balaban J connectivity index is 1.86. The maximum atomic E-state index is 12.8. The van der Waals surface area contributed by atoms with Gasteiger partial charge in [0.15, 0.2) is 0 Å². The third-order valence-electron chi connectivity index (χ3n) is 3.95. The Morgan fingerprint density at radius 1 is 1.12 bits per heavy atom. The average Bonchev–Trinajstić information content (AvgIpc) is 2.95. The summed E-state index contributed by atoms with van der Waals surface area (Å²) >= 11 is 0. The van der Waals surface area contributed by atoms with Crippen molar-refractivity contribution in [1.29, 1.82) is 0 Å². The summed E-state index contributed by atoms with van der Waals surface area (Å²) in [6.07, 6.45) is -2.92. The van der Waals surface area contributed by atoms with E-state index in [9.17, 15) is 21.6 Å². The smallest absolute Gasteiger partial charge is 0.406 e. The Labute approximate surface area is 137 Å².